The predicted octanol–water partition coefficient (Wildman–Crippen LogP) is 3.23. The van der Waals surface area contributed by atoms with Crippen molar-refractivity contribution in [2.45, 2.75) is 11.8 Å². The van der Waals surface area contributed by atoms with Crippen LogP contribution < -0.4 is 15.9 Å². The van der Waals surface area contributed by atoms with Crippen molar-refractivity contribution in [3.63, 3.8) is 0 Å². The normalized spacial score (nSPS) is 10.7. The van der Waals surface area contributed by atoms with E-state index in [0.717, 1.165) is 22.5 Å². The number of nitrogens with zero attached hydrogens (tertiary/aromatic N) is 3. The molecule has 146 valence electrons. The van der Waals surface area contributed by atoms with Gasteiger partial charge in [0.25, 0.3) is 0 Å². The zero-order valence-electron chi connectivity index (χ0n) is 14.2. The number of nitrogen functional groups attached to an aromatic ring is 1. The molecule has 0 bridgehead atoms. The highest BCUT2D eigenvalue weighted by molar-refractivity contribution is 7.99. The first kappa shape index (κ1) is 19.9. The molecule has 0 saturated heterocycles. The molecule has 3 aromatic rings. The average Bonchev–Trinajstić information content (AvgIpc) is 3.01. The second-order valence-electron chi connectivity index (χ2n) is 5.45. The van der Waals surface area contributed by atoms with Crippen molar-refractivity contribution in [2.24, 2.45) is 0 Å². The summed E-state index contributed by atoms with van der Waals surface area (Å²) < 4.78 is 33.7. The number of ether oxygens (including phenoxy) is 1. The second kappa shape index (κ2) is 8.89. The number of halogens is 3. The summed E-state index contributed by atoms with van der Waals surface area (Å²) in [5, 5.41) is 10.6. The Hall–Kier alpha value is -2.85. The Morgan fingerprint density at radius 3 is 2.75 bits per heavy atom. The number of para-hydroxylation sites is 1. The van der Waals surface area contributed by atoms with Crippen LogP contribution in [0.2, 0.25) is 5.02 Å². The van der Waals surface area contributed by atoms with E-state index in [4.69, 9.17) is 22.2 Å². The quantitative estimate of drug-likeness (QED) is 0.445. The van der Waals surface area contributed by atoms with Crippen LogP contribution in [0.1, 0.15) is 5.82 Å². The molecule has 1 aromatic heterocycles. The molecule has 3 N–H and O–H groups in total. The van der Waals surface area contributed by atoms with Gasteiger partial charge >= 0.3 is 0 Å². The molecule has 0 aliphatic heterocycles. The van der Waals surface area contributed by atoms with E-state index >= 15 is 0 Å². The van der Waals surface area contributed by atoms with Crippen molar-refractivity contribution in [1.29, 1.82) is 0 Å². The molecule has 0 aliphatic rings. The molecule has 0 saturated carbocycles. The van der Waals surface area contributed by atoms with Gasteiger partial charge in [0.2, 0.25) is 11.1 Å². The van der Waals surface area contributed by atoms with Crippen molar-refractivity contribution in [3.8, 4) is 5.75 Å². The fourth-order valence-electron chi connectivity index (χ4n) is 2.12. The van der Waals surface area contributed by atoms with E-state index in [1.807, 2.05) is 0 Å². The lowest BCUT2D eigenvalue weighted by atomic mass is 10.3. The van der Waals surface area contributed by atoms with E-state index in [2.05, 4.69) is 15.5 Å². The number of nitrogens with two attached hydrogens (primary N) is 1. The molecule has 7 nitrogen and oxygen atoms in total. The molecule has 0 radical (unpaired) electrons. The molecule has 0 spiro atoms. The molecule has 1 heterocycles. The Morgan fingerprint density at radius 1 is 1.21 bits per heavy atom. The lowest BCUT2D eigenvalue weighted by Crippen LogP contribution is -2.18. The van der Waals surface area contributed by atoms with Crippen LogP contribution in [0, 0.1) is 11.6 Å². The smallest absolute Gasteiger partial charge is 0.234 e. The van der Waals surface area contributed by atoms with E-state index in [9.17, 15) is 13.6 Å². The van der Waals surface area contributed by atoms with Gasteiger partial charge in [-0.1, -0.05) is 35.5 Å². The van der Waals surface area contributed by atoms with Crippen LogP contribution in [0.4, 0.5) is 14.5 Å². The zero-order chi connectivity index (χ0) is 20.1. The Bertz CT molecular complexity index is 1000. The van der Waals surface area contributed by atoms with Crippen molar-refractivity contribution < 1.29 is 18.3 Å². The van der Waals surface area contributed by atoms with Crippen molar-refractivity contribution in [3.05, 3.63) is 64.9 Å². The average molecular weight is 426 g/mol. The Labute approximate surface area is 167 Å². The van der Waals surface area contributed by atoms with E-state index in [1.54, 1.807) is 12.1 Å². The first-order chi connectivity index (χ1) is 13.4. The van der Waals surface area contributed by atoms with Crippen LogP contribution in [-0.4, -0.2) is 26.5 Å². The van der Waals surface area contributed by atoms with Gasteiger partial charge in [-0.15, -0.1) is 10.2 Å². The highest BCUT2D eigenvalue weighted by Gasteiger charge is 2.14. The summed E-state index contributed by atoms with van der Waals surface area (Å²) in [5.41, 5.74) is 0.0168. The number of benzene rings is 2. The van der Waals surface area contributed by atoms with Gasteiger partial charge in [-0.05, 0) is 30.3 Å². The number of hydrogen-bond donors (Lipinski definition) is 2. The monoisotopic (exact) mass is 425 g/mol. The van der Waals surface area contributed by atoms with Crippen LogP contribution in [0.3, 0.4) is 0 Å². The number of rotatable bonds is 7. The van der Waals surface area contributed by atoms with Gasteiger partial charge in [0.15, 0.2) is 17.4 Å². The summed E-state index contributed by atoms with van der Waals surface area (Å²) in [6.45, 7) is -0.104. The molecule has 3 rings (SSSR count). The minimum Gasteiger partial charge on any atom is -0.482 e. The number of nitrogens with one attached hydrogen (secondary N) is 1. The van der Waals surface area contributed by atoms with Crippen LogP contribution in [0.25, 0.3) is 0 Å². The Kier molecular flexibility index (Phi) is 6.32. The molecule has 28 heavy (non-hydrogen) atoms. The Balaban J connectivity index is 1.55. The third kappa shape index (κ3) is 4.90. The van der Waals surface area contributed by atoms with Gasteiger partial charge in [0, 0.05) is 5.02 Å². The molecule has 11 heteroatoms. The summed E-state index contributed by atoms with van der Waals surface area (Å²) in [6.07, 6.45) is 0. The first-order valence-corrected chi connectivity index (χ1v) is 9.25. The summed E-state index contributed by atoms with van der Waals surface area (Å²) in [4.78, 5) is 12.0. The van der Waals surface area contributed by atoms with Crippen molar-refractivity contribution >= 4 is 35.0 Å². The maximum absolute atomic E-state index is 13.7. The molecule has 2 aromatic carbocycles. The number of hydrogen-bond acceptors (Lipinski definition) is 6. The number of thioether (sulfide) groups is 1. The van der Waals surface area contributed by atoms with Gasteiger partial charge in [-0.2, -0.15) is 0 Å². The summed E-state index contributed by atoms with van der Waals surface area (Å²) in [6, 6.07) is 9.85. The summed E-state index contributed by atoms with van der Waals surface area (Å²) in [7, 11) is 0. The number of carbonyl (C=O) groups is 1. The van der Waals surface area contributed by atoms with Gasteiger partial charge < -0.3 is 15.9 Å². The van der Waals surface area contributed by atoms with Crippen molar-refractivity contribution in [2.75, 3.05) is 16.9 Å². The molecule has 1 amide bonds. The zero-order valence-corrected chi connectivity index (χ0v) is 15.8. The first-order valence-electron chi connectivity index (χ1n) is 7.88. The lowest BCUT2D eigenvalue weighted by Gasteiger charge is -2.08. The van der Waals surface area contributed by atoms with E-state index in [1.165, 1.54) is 24.3 Å². The van der Waals surface area contributed by atoms with E-state index < -0.39 is 17.5 Å². The summed E-state index contributed by atoms with van der Waals surface area (Å²) in [5.74, 6) is 4.50. The van der Waals surface area contributed by atoms with Crippen LogP contribution in [0.15, 0.2) is 47.6 Å². The fraction of sp³-hybridized carbons (Fsp3) is 0.118. The second-order valence-corrected chi connectivity index (χ2v) is 6.83. The van der Waals surface area contributed by atoms with Crippen LogP contribution >= 0.6 is 23.4 Å². The highest BCUT2D eigenvalue weighted by atomic mass is 35.5. The molecular formula is C17H14ClF2N5O2S. The Morgan fingerprint density at radius 2 is 2.00 bits per heavy atom. The highest BCUT2D eigenvalue weighted by Crippen LogP contribution is 2.21. The number of carbonyl (C=O) groups excluding carboxylic acids is 1. The topological polar surface area (TPSA) is 95.1 Å². The number of anilines is 1. The van der Waals surface area contributed by atoms with Crippen molar-refractivity contribution in [1.82, 2.24) is 14.9 Å². The maximum Gasteiger partial charge on any atom is 0.234 e. The minimum atomic E-state index is -0.638. The third-order valence-corrected chi connectivity index (χ3v) is 4.64. The minimum absolute atomic E-state index is 0.0168. The SMILES string of the molecule is Nn1c(COc2ccccc2F)nnc1SCC(=O)Nc1ccc(Cl)cc1F. The summed E-state index contributed by atoms with van der Waals surface area (Å²) >= 11 is 6.67. The largest absolute Gasteiger partial charge is 0.482 e. The lowest BCUT2D eigenvalue weighted by molar-refractivity contribution is -0.113. The number of aromatic nitrogens is 3. The van der Waals surface area contributed by atoms with E-state index in [0.29, 0.717) is 0 Å². The predicted molar refractivity (Wildman–Crippen MR) is 102 cm³/mol. The molecule has 0 unspecified atom stereocenters. The third-order valence-electron chi connectivity index (χ3n) is 3.47. The van der Waals surface area contributed by atoms with Gasteiger partial charge in [0.05, 0.1) is 11.4 Å². The molecule has 0 aliphatic carbocycles. The van der Waals surface area contributed by atoms with Gasteiger partial charge in [0.1, 0.15) is 12.4 Å². The van der Waals surface area contributed by atoms with Crippen LogP contribution in [0.5, 0.6) is 5.75 Å². The fourth-order valence-corrected chi connectivity index (χ4v) is 2.95. The molecule has 0 fully saturated rings. The van der Waals surface area contributed by atoms with Crippen LogP contribution in [-0.2, 0) is 11.4 Å². The van der Waals surface area contributed by atoms with Gasteiger partial charge in [-0.3, -0.25) is 4.79 Å². The molecule has 0 atom stereocenters. The number of amides is 1. The molecular weight excluding hydrogens is 412 g/mol. The standard InChI is InChI=1S/C17H14ClF2N5O2S/c18-10-5-6-13(12(20)7-10)22-16(26)9-28-17-24-23-15(25(17)21)8-27-14-4-2-1-3-11(14)19/h1-7H,8-9,21H2,(H,22,26). The maximum atomic E-state index is 13.7. The van der Waals surface area contributed by atoms with Gasteiger partial charge in [-0.25, -0.2) is 13.5 Å². The van der Waals surface area contributed by atoms with E-state index in [-0.39, 0.29) is 39.8 Å².